The summed E-state index contributed by atoms with van der Waals surface area (Å²) in [6.45, 7) is 3.57. The van der Waals surface area contributed by atoms with Gasteiger partial charge >= 0.3 is 0 Å². The summed E-state index contributed by atoms with van der Waals surface area (Å²) in [5.41, 5.74) is 1.92. The number of carbonyl (C=O) groups excluding carboxylic acids is 1. The van der Waals surface area contributed by atoms with Crippen molar-refractivity contribution < 1.29 is 15.0 Å². The molecule has 1 aromatic rings. The van der Waals surface area contributed by atoms with Gasteiger partial charge in [-0.3, -0.25) is 4.79 Å². The van der Waals surface area contributed by atoms with Gasteiger partial charge in [0, 0.05) is 12.7 Å². The van der Waals surface area contributed by atoms with Gasteiger partial charge in [0.05, 0.1) is 6.10 Å². The molecule has 0 aliphatic heterocycles. The van der Waals surface area contributed by atoms with E-state index in [9.17, 15) is 15.0 Å². The fourth-order valence-electron chi connectivity index (χ4n) is 1.65. The van der Waals surface area contributed by atoms with Crippen molar-refractivity contribution in [1.29, 1.82) is 0 Å². The van der Waals surface area contributed by atoms with Crippen LogP contribution in [-0.4, -0.2) is 27.2 Å². The van der Waals surface area contributed by atoms with E-state index < -0.39 is 12.2 Å². The van der Waals surface area contributed by atoms with E-state index in [1.165, 1.54) is 24.2 Å². The Morgan fingerprint density at radius 1 is 1.28 bits per heavy atom. The van der Waals surface area contributed by atoms with E-state index in [2.05, 4.69) is 6.92 Å². The van der Waals surface area contributed by atoms with Gasteiger partial charge in [-0.25, -0.2) is 0 Å². The van der Waals surface area contributed by atoms with Gasteiger partial charge in [-0.05, 0) is 24.0 Å². The van der Waals surface area contributed by atoms with Crippen molar-refractivity contribution in [2.45, 2.75) is 38.9 Å². The number of thioether (sulfide) groups is 1. The fraction of sp³-hybridized carbons (Fsp3) is 0.500. The normalized spacial score (nSPS) is 14.2. The maximum Gasteiger partial charge on any atom is 0.185 e. The number of benzene rings is 1. The molecule has 1 aromatic carbocycles. The molecule has 0 aliphatic carbocycles. The Balaban J connectivity index is 2.51. The lowest BCUT2D eigenvalue weighted by Gasteiger charge is -2.18. The molecule has 2 atom stereocenters. The highest BCUT2D eigenvalue weighted by Crippen LogP contribution is 2.21. The SMILES string of the molecule is CCc1ccc(C(O)C(O)CCSC(C)=O)cc1. The molecule has 18 heavy (non-hydrogen) atoms. The Labute approximate surface area is 112 Å². The van der Waals surface area contributed by atoms with Crippen molar-refractivity contribution in [3.63, 3.8) is 0 Å². The predicted octanol–water partition coefficient (Wildman–Crippen LogP) is 2.31. The zero-order valence-electron chi connectivity index (χ0n) is 10.8. The lowest BCUT2D eigenvalue weighted by molar-refractivity contribution is -0.109. The monoisotopic (exact) mass is 268 g/mol. The molecule has 4 heteroatoms. The van der Waals surface area contributed by atoms with Gasteiger partial charge in [0.25, 0.3) is 0 Å². The quantitative estimate of drug-likeness (QED) is 0.831. The van der Waals surface area contributed by atoms with Crippen molar-refractivity contribution in [3.05, 3.63) is 35.4 Å². The Morgan fingerprint density at radius 2 is 1.89 bits per heavy atom. The third-order valence-electron chi connectivity index (χ3n) is 2.81. The first-order chi connectivity index (χ1) is 8.54. The second-order valence-corrected chi connectivity index (χ2v) is 5.51. The standard InChI is InChI=1S/C14H20O3S/c1-3-11-4-6-12(7-5-11)14(17)13(16)8-9-18-10(2)15/h4-7,13-14,16-17H,3,8-9H2,1-2H3. The first-order valence-corrected chi connectivity index (χ1v) is 7.11. The summed E-state index contributed by atoms with van der Waals surface area (Å²) in [5, 5.41) is 19.8. The van der Waals surface area contributed by atoms with Gasteiger partial charge in [-0.2, -0.15) is 0 Å². The van der Waals surface area contributed by atoms with E-state index in [-0.39, 0.29) is 5.12 Å². The molecule has 100 valence electrons. The summed E-state index contributed by atoms with van der Waals surface area (Å²) in [4.78, 5) is 10.8. The zero-order valence-corrected chi connectivity index (χ0v) is 11.6. The maximum atomic E-state index is 10.8. The van der Waals surface area contributed by atoms with E-state index in [1.807, 2.05) is 24.3 Å². The number of rotatable bonds is 6. The van der Waals surface area contributed by atoms with Crippen LogP contribution in [0, 0.1) is 0 Å². The third kappa shape index (κ3) is 4.80. The molecule has 0 bridgehead atoms. The number of aliphatic hydroxyl groups is 2. The molecule has 0 saturated carbocycles. The van der Waals surface area contributed by atoms with Gasteiger partial charge in [-0.15, -0.1) is 0 Å². The first-order valence-electron chi connectivity index (χ1n) is 6.13. The van der Waals surface area contributed by atoms with E-state index >= 15 is 0 Å². The molecule has 0 amide bonds. The number of hydrogen-bond acceptors (Lipinski definition) is 4. The van der Waals surface area contributed by atoms with Crippen molar-refractivity contribution in [2.24, 2.45) is 0 Å². The minimum atomic E-state index is -0.886. The van der Waals surface area contributed by atoms with Crippen molar-refractivity contribution in [3.8, 4) is 0 Å². The van der Waals surface area contributed by atoms with Crippen LogP contribution in [0.5, 0.6) is 0 Å². The van der Waals surface area contributed by atoms with Crippen molar-refractivity contribution >= 4 is 16.9 Å². The fourth-order valence-corrected chi connectivity index (χ4v) is 2.30. The third-order valence-corrected chi connectivity index (χ3v) is 3.66. The minimum Gasteiger partial charge on any atom is -0.390 e. The van der Waals surface area contributed by atoms with Crippen LogP contribution >= 0.6 is 11.8 Å². The van der Waals surface area contributed by atoms with Crippen LogP contribution in [0.25, 0.3) is 0 Å². The van der Waals surface area contributed by atoms with Crippen LogP contribution in [0.1, 0.15) is 37.5 Å². The van der Waals surface area contributed by atoms with E-state index in [0.29, 0.717) is 17.7 Å². The Morgan fingerprint density at radius 3 is 2.39 bits per heavy atom. The molecule has 2 N–H and O–H groups in total. The second-order valence-electron chi connectivity index (χ2n) is 4.24. The van der Waals surface area contributed by atoms with Crippen molar-refractivity contribution in [2.75, 3.05) is 5.75 Å². The van der Waals surface area contributed by atoms with Gasteiger partial charge < -0.3 is 10.2 Å². The molecule has 1 rings (SSSR count). The molecule has 0 spiro atoms. The second kappa shape index (κ2) is 7.56. The molecule has 0 fully saturated rings. The molecule has 0 aliphatic rings. The number of hydrogen-bond donors (Lipinski definition) is 2. The van der Waals surface area contributed by atoms with Crippen LogP contribution in [0.4, 0.5) is 0 Å². The highest BCUT2D eigenvalue weighted by Gasteiger charge is 2.18. The maximum absolute atomic E-state index is 10.8. The summed E-state index contributed by atoms with van der Waals surface area (Å²) in [6.07, 6.45) is -0.359. The molecule has 0 aromatic heterocycles. The topological polar surface area (TPSA) is 57.5 Å². The summed E-state index contributed by atoms with van der Waals surface area (Å²) in [7, 11) is 0. The molecular weight excluding hydrogens is 248 g/mol. The predicted molar refractivity (Wildman–Crippen MR) is 74.5 cm³/mol. The summed E-state index contributed by atoms with van der Waals surface area (Å²) in [5.74, 6) is 0.528. The largest absolute Gasteiger partial charge is 0.390 e. The zero-order chi connectivity index (χ0) is 13.5. The van der Waals surface area contributed by atoms with Crippen LogP contribution in [0.15, 0.2) is 24.3 Å². The number of aryl methyl sites for hydroxylation is 1. The smallest absolute Gasteiger partial charge is 0.185 e. The first kappa shape index (κ1) is 15.2. The lowest BCUT2D eigenvalue weighted by Crippen LogP contribution is -2.19. The highest BCUT2D eigenvalue weighted by atomic mass is 32.2. The highest BCUT2D eigenvalue weighted by molar-refractivity contribution is 8.13. The molecule has 2 unspecified atom stereocenters. The Kier molecular flexibility index (Phi) is 6.39. The van der Waals surface area contributed by atoms with Crippen LogP contribution in [-0.2, 0) is 11.2 Å². The van der Waals surface area contributed by atoms with E-state index in [0.717, 1.165) is 6.42 Å². The number of carbonyl (C=O) groups is 1. The molecule has 3 nitrogen and oxygen atoms in total. The molecular formula is C14H20O3S. The van der Waals surface area contributed by atoms with Gasteiger partial charge in [0.2, 0.25) is 0 Å². The molecule has 0 saturated heterocycles. The lowest BCUT2D eigenvalue weighted by atomic mass is 10.0. The van der Waals surface area contributed by atoms with Crippen LogP contribution < -0.4 is 0 Å². The van der Waals surface area contributed by atoms with E-state index in [1.54, 1.807) is 0 Å². The van der Waals surface area contributed by atoms with Crippen molar-refractivity contribution in [1.82, 2.24) is 0 Å². The Hall–Kier alpha value is -0.840. The number of aliphatic hydroxyl groups excluding tert-OH is 2. The summed E-state index contributed by atoms with van der Waals surface area (Å²) >= 11 is 1.17. The summed E-state index contributed by atoms with van der Waals surface area (Å²) < 4.78 is 0. The average Bonchev–Trinajstić information content (AvgIpc) is 2.37. The van der Waals surface area contributed by atoms with E-state index in [4.69, 9.17) is 0 Å². The minimum absolute atomic E-state index is 0.0315. The Bertz CT molecular complexity index is 375. The van der Waals surface area contributed by atoms with Crippen LogP contribution in [0.3, 0.4) is 0 Å². The molecule has 0 radical (unpaired) electrons. The average molecular weight is 268 g/mol. The van der Waals surface area contributed by atoms with Gasteiger partial charge in [-0.1, -0.05) is 43.0 Å². The van der Waals surface area contributed by atoms with Gasteiger partial charge in [0.15, 0.2) is 5.12 Å². The van der Waals surface area contributed by atoms with Gasteiger partial charge in [0.1, 0.15) is 6.10 Å². The van der Waals surface area contributed by atoms with Crippen LogP contribution in [0.2, 0.25) is 0 Å². The summed E-state index contributed by atoms with van der Waals surface area (Å²) in [6, 6.07) is 7.58. The molecule has 0 heterocycles.